The molecule has 0 radical (unpaired) electrons. The molecule has 0 fully saturated rings. The highest BCUT2D eigenvalue weighted by molar-refractivity contribution is 7.11. The number of anilines is 2. The summed E-state index contributed by atoms with van der Waals surface area (Å²) >= 11 is 1.33. The van der Waals surface area contributed by atoms with Crippen LogP contribution < -0.4 is 10.2 Å². The second kappa shape index (κ2) is 4.97. The monoisotopic (exact) mass is 247 g/mol. The van der Waals surface area contributed by atoms with Crippen LogP contribution in [-0.4, -0.2) is 25.0 Å². The zero-order valence-corrected chi connectivity index (χ0v) is 10.5. The summed E-state index contributed by atoms with van der Waals surface area (Å²) in [6, 6.07) is 7.69. The minimum Gasteiger partial charge on any atom is -0.378 e. The van der Waals surface area contributed by atoms with Gasteiger partial charge in [-0.15, -0.1) is 11.3 Å². The van der Waals surface area contributed by atoms with E-state index >= 15 is 0 Å². The Kier molecular flexibility index (Phi) is 3.39. The predicted molar refractivity (Wildman–Crippen MR) is 70.8 cm³/mol. The molecule has 2 rings (SSSR count). The van der Waals surface area contributed by atoms with E-state index < -0.39 is 0 Å². The smallest absolute Gasteiger partial charge is 0.267 e. The molecule has 1 aromatic heterocycles. The highest BCUT2D eigenvalue weighted by Crippen LogP contribution is 2.17. The second-order valence-electron chi connectivity index (χ2n) is 3.76. The molecule has 0 saturated carbocycles. The van der Waals surface area contributed by atoms with E-state index in [0.717, 1.165) is 11.4 Å². The Morgan fingerprint density at radius 1 is 1.29 bits per heavy atom. The van der Waals surface area contributed by atoms with Gasteiger partial charge in [0.15, 0.2) is 0 Å². The topological polar surface area (TPSA) is 45.2 Å². The van der Waals surface area contributed by atoms with E-state index in [1.165, 1.54) is 11.3 Å². The van der Waals surface area contributed by atoms with Crippen molar-refractivity contribution in [3.63, 3.8) is 0 Å². The molecule has 1 heterocycles. The zero-order chi connectivity index (χ0) is 12.3. The van der Waals surface area contributed by atoms with Crippen LogP contribution in [0.5, 0.6) is 0 Å². The fourth-order valence-electron chi connectivity index (χ4n) is 1.36. The SMILES string of the molecule is CN(C)c1ccc(NC(=O)c2cncs2)cc1. The fourth-order valence-corrected chi connectivity index (χ4v) is 1.88. The van der Waals surface area contributed by atoms with Crippen LogP contribution in [0.15, 0.2) is 36.0 Å². The van der Waals surface area contributed by atoms with Crippen LogP contribution in [0.25, 0.3) is 0 Å². The molecule has 88 valence electrons. The number of rotatable bonds is 3. The molecule has 0 unspecified atom stereocenters. The number of carbonyl (C=O) groups excluding carboxylic acids is 1. The van der Waals surface area contributed by atoms with Crippen LogP contribution in [0.2, 0.25) is 0 Å². The highest BCUT2D eigenvalue weighted by Gasteiger charge is 2.07. The van der Waals surface area contributed by atoms with E-state index in [9.17, 15) is 4.79 Å². The summed E-state index contributed by atoms with van der Waals surface area (Å²) in [5, 5.41) is 2.82. The van der Waals surface area contributed by atoms with Gasteiger partial charge < -0.3 is 10.2 Å². The quantitative estimate of drug-likeness (QED) is 0.906. The third-order valence-corrected chi connectivity index (χ3v) is 3.07. The summed E-state index contributed by atoms with van der Waals surface area (Å²) in [7, 11) is 3.95. The van der Waals surface area contributed by atoms with Crippen molar-refractivity contribution in [1.29, 1.82) is 0 Å². The molecule has 0 atom stereocenters. The minimum absolute atomic E-state index is 0.120. The van der Waals surface area contributed by atoms with Gasteiger partial charge in [0.25, 0.3) is 5.91 Å². The third kappa shape index (κ3) is 2.82. The molecule has 0 aliphatic rings. The summed E-state index contributed by atoms with van der Waals surface area (Å²) in [5.74, 6) is -0.120. The first-order chi connectivity index (χ1) is 8.16. The number of benzene rings is 1. The first kappa shape index (κ1) is 11.6. The number of nitrogens with zero attached hydrogens (tertiary/aromatic N) is 2. The van der Waals surface area contributed by atoms with Gasteiger partial charge in [-0.25, -0.2) is 0 Å². The van der Waals surface area contributed by atoms with E-state index in [0.29, 0.717) is 4.88 Å². The molecule has 4 nitrogen and oxygen atoms in total. The molecule has 5 heteroatoms. The lowest BCUT2D eigenvalue weighted by Crippen LogP contribution is -2.11. The van der Waals surface area contributed by atoms with Gasteiger partial charge in [0, 0.05) is 25.5 Å². The van der Waals surface area contributed by atoms with Gasteiger partial charge in [0.1, 0.15) is 4.88 Å². The van der Waals surface area contributed by atoms with Crippen LogP contribution in [0.4, 0.5) is 11.4 Å². The summed E-state index contributed by atoms with van der Waals surface area (Å²) in [5.41, 5.74) is 3.53. The molecule has 1 aromatic carbocycles. The van der Waals surface area contributed by atoms with Gasteiger partial charge in [-0.05, 0) is 24.3 Å². The normalized spacial score (nSPS) is 10.0. The van der Waals surface area contributed by atoms with Crippen molar-refractivity contribution in [2.45, 2.75) is 0 Å². The summed E-state index contributed by atoms with van der Waals surface area (Å²) < 4.78 is 0. The average molecular weight is 247 g/mol. The minimum atomic E-state index is -0.120. The van der Waals surface area contributed by atoms with E-state index in [4.69, 9.17) is 0 Å². The Morgan fingerprint density at radius 2 is 2.00 bits per heavy atom. The van der Waals surface area contributed by atoms with Crippen LogP contribution >= 0.6 is 11.3 Å². The standard InChI is InChI=1S/C12H13N3OS/c1-15(2)10-5-3-9(4-6-10)14-12(16)11-7-13-8-17-11/h3-8H,1-2H3,(H,14,16). The molecule has 17 heavy (non-hydrogen) atoms. The number of hydrogen-bond acceptors (Lipinski definition) is 4. The highest BCUT2D eigenvalue weighted by atomic mass is 32.1. The largest absolute Gasteiger partial charge is 0.378 e. The van der Waals surface area contributed by atoms with Crippen molar-refractivity contribution in [1.82, 2.24) is 4.98 Å². The number of carbonyl (C=O) groups is 1. The average Bonchev–Trinajstić information content (AvgIpc) is 2.83. The lowest BCUT2D eigenvalue weighted by molar-refractivity contribution is 0.103. The van der Waals surface area contributed by atoms with Crippen LogP contribution in [0.3, 0.4) is 0 Å². The number of nitrogens with one attached hydrogen (secondary N) is 1. The number of aromatic nitrogens is 1. The van der Waals surface area contributed by atoms with E-state index in [-0.39, 0.29) is 5.91 Å². The van der Waals surface area contributed by atoms with Gasteiger partial charge in [-0.3, -0.25) is 9.78 Å². The van der Waals surface area contributed by atoms with Crippen LogP contribution in [0.1, 0.15) is 9.67 Å². The van der Waals surface area contributed by atoms with Gasteiger partial charge in [-0.2, -0.15) is 0 Å². The molecule has 0 bridgehead atoms. The maximum Gasteiger partial charge on any atom is 0.267 e. The van der Waals surface area contributed by atoms with Crippen molar-refractivity contribution in [3.8, 4) is 0 Å². The first-order valence-corrected chi connectivity index (χ1v) is 6.02. The lowest BCUT2D eigenvalue weighted by Gasteiger charge is -2.12. The van der Waals surface area contributed by atoms with Crippen molar-refractivity contribution in [3.05, 3.63) is 40.8 Å². The van der Waals surface area contributed by atoms with Gasteiger partial charge in [0.2, 0.25) is 0 Å². The maximum atomic E-state index is 11.7. The van der Waals surface area contributed by atoms with E-state index in [1.54, 1.807) is 11.7 Å². The van der Waals surface area contributed by atoms with Crippen molar-refractivity contribution >= 4 is 28.6 Å². The van der Waals surface area contributed by atoms with Crippen molar-refractivity contribution in [2.24, 2.45) is 0 Å². The Labute approximate surface area is 104 Å². The van der Waals surface area contributed by atoms with Gasteiger partial charge >= 0.3 is 0 Å². The molecule has 2 aromatic rings. The molecular formula is C12H13N3OS. The molecule has 0 aliphatic heterocycles. The Balaban J connectivity index is 2.07. The first-order valence-electron chi connectivity index (χ1n) is 5.14. The van der Waals surface area contributed by atoms with Crippen LogP contribution in [0, 0.1) is 0 Å². The lowest BCUT2D eigenvalue weighted by atomic mass is 10.2. The van der Waals surface area contributed by atoms with Gasteiger partial charge in [0.05, 0.1) is 11.7 Å². The molecule has 1 amide bonds. The fraction of sp³-hybridized carbons (Fsp3) is 0.167. The Morgan fingerprint density at radius 3 is 2.53 bits per heavy atom. The molecule has 0 aliphatic carbocycles. The molecule has 0 spiro atoms. The van der Waals surface area contributed by atoms with E-state index in [2.05, 4.69) is 10.3 Å². The summed E-state index contributed by atoms with van der Waals surface area (Å²) in [4.78, 5) is 18.2. The molecule has 0 saturated heterocycles. The van der Waals surface area contributed by atoms with Crippen molar-refractivity contribution < 1.29 is 4.79 Å². The summed E-state index contributed by atoms with van der Waals surface area (Å²) in [6.45, 7) is 0. The van der Waals surface area contributed by atoms with Gasteiger partial charge in [-0.1, -0.05) is 0 Å². The maximum absolute atomic E-state index is 11.7. The molecule has 1 N–H and O–H groups in total. The summed E-state index contributed by atoms with van der Waals surface area (Å²) in [6.07, 6.45) is 1.56. The Hall–Kier alpha value is -1.88. The van der Waals surface area contributed by atoms with Crippen molar-refractivity contribution in [2.75, 3.05) is 24.3 Å². The predicted octanol–water partition coefficient (Wildman–Crippen LogP) is 2.46. The second-order valence-corrected chi connectivity index (χ2v) is 4.65. The number of amides is 1. The number of thiazole rings is 1. The van der Waals surface area contributed by atoms with E-state index in [1.807, 2.05) is 43.3 Å². The zero-order valence-electron chi connectivity index (χ0n) is 9.68. The van der Waals surface area contributed by atoms with Crippen LogP contribution in [-0.2, 0) is 0 Å². The third-order valence-electron chi connectivity index (χ3n) is 2.30. The Bertz CT molecular complexity index is 491. The molecular weight excluding hydrogens is 234 g/mol. The number of hydrogen-bond donors (Lipinski definition) is 1.